The number of halogens is 1. The number of ether oxygens (including phenoxy) is 2. The van der Waals surface area contributed by atoms with E-state index in [9.17, 15) is 14.7 Å². The smallest absolute Gasteiger partial charge is 0.337 e. The Morgan fingerprint density at radius 2 is 1.67 bits per heavy atom. The van der Waals surface area contributed by atoms with Crippen LogP contribution >= 0.6 is 22.6 Å². The first-order valence-electron chi connectivity index (χ1n) is 9.29. The van der Waals surface area contributed by atoms with Gasteiger partial charge in [-0.2, -0.15) is 0 Å². The molecule has 3 rings (SSSR count). The van der Waals surface area contributed by atoms with Gasteiger partial charge in [-0.15, -0.1) is 0 Å². The Labute approximate surface area is 188 Å². The number of hydrogen-bond donors (Lipinski definition) is 1. The SMILES string of the molecule is COC(=O)c1cccc(Cc2ccc(COc3ccc(C(C)=O)c(O)c3I)cc2)c1. The van der Waals surface area contributed by atoms with Crippen molar-refractivity contribution in [2.75, 3.05) is 7.11 Å². The van der Waals surface area contributed by atoms with Gasteiger partial charge in [0.1, 0.15) is 18.1 Å². The van der Waals surface area contributed by atoms with E-state index in [1.165, 1.54) is 14.0 Å². The van der Waals surface area contributed by atoms with E-state index in [0.29, 0.717) is 27.9 Å². The van der Waals surface area contributed by atoms with Crippen LogP contribution in [0, 0.1) is 3.57 Å². The fourth-order valence-electron chi connectivity index (χ4n) is 3.02. The number of hydrogen-bond acceptors (Lipinski definition) is 5. The summed E-state index contributed by atoms with van der Waals surface area (Å²) in [5, 5.41) is 10.2. The van der Waals surface area contributed by atoms with Crippen molar-refractivity contribution in [1.29, 1.82) is 0 Å². The zero-order valence-electron chi connectivity index (χ0n) is 16.6. The fourth-order valence-corrected chi connectivity index (χ4v) is 3.64. The number of ketones is 1. The van der Waals surface area contributed by atoms with E-state index in [1.807, 2.05) is 65.1 Å². The monoisotopic (exact) mass is 516 g/mol. The molecule has 0 aliphatic rings. The largest absolute Gasteiger partial charge is 0.506 e. The van der Waals surface area contributed by atoms with Gasteiger partial charge in [-0.05, 0) is 76.9 Å². The highest BCUT2D eigenvalue weighted by Crippen LogP contribution is 2.33. The van der Waals surface area contributed by atoms with Crippen molar-refractivity contribution in [3.05, 3.63) is 92.1 Å². The van der Waals surface area contributed by atoms with Crippen LogP contribution < -0.4 is 4.74 Å². The molecule has 154 valence electrons. The van der Waals surface area contributed by atoms with Crippen LogP contribution in [0.25, 0.3) is 0 Å². The average Bonchev–Trinajstić information content (AvgIpc) is 2.75. The van der Waals surface area contributed by atoms with Crippen LogP contribution in [0.1, 0.15) is 44.3 Å². The minimum Gasteiger partial charge on any atom is -0.506 e. The molecule has 0 amide bonds. The molecule has 0 bridgehead atoms. The summed E-state index contributed by atoms with van der Waals surface area (Å²) in [6.45, 7) is 1.76. The summed E-state index contributed by atoms with van der Waals surface area (Å²) >= 11 is 1.97. The fraction of sp³-hybridized carbons (Fsp3) is 0.167. The first-order valence-corrected chi connectivity index (χ1v) is 10.4. The maximum absolute atomic E-state index is 11.7. The molecule has 0 spiro atoms. The minimum absolute atomic E-state index is 0.0508. The van der Waals surface area contributed by atoms with Crippen LogP contribution in [0.2, 0.25) is 0 Å². The molecular formula is C24H21IO5. The van der Waals surface area contributed by atoms with E-state index < -0.39 is 0 Å². The zero-order valence-corrected chi connectivity index (χ0v) is 18.8. The molecule has 6 heteroatoms. The van der Waals surface area contributed by atoms with Crippen LogP contribution in [0.15, 0.2) is 60.7 Å². The number of Topliss-reactive ketones (excluding diaryl/α,β-unsaturated/α-hetero) is 1. The van der Waals surface area contributed by atoms with Crippen LogP contribution in [0.4, 0.5) is 0 Å². The summed E-state index contributed by atoms with van der Waals surface area (Å²) in [6.07, 6.45) is 0.699. The summed E-state index contributed by atoms with van der Waals surface area (Å²) in [5.74, 6) is -0.0574. The molecular weight excluding hydrogens is 495 g/mol. The lowest BCUT2D eigenvalue weighted by Crippen LogP contribution is -2.02. The Balaban J connectivity index is 1.65. The highest BCUT2D eigenvalue weighted by atomic mass is 127. The first-order chi connectivity index (χ1) is 14.4. The molecule has 0 heterocycles. The molecule has 0 aliphatic carbocycles. The van der Waals surface area contributed by atoms with E-state index in [0.717, 1.165) is 16.7 Å². The van der Waals surface area contributed by atoms with Crippen molar-refractivity contribution in [2.24, 2.45) is 0 Å². The molecule has 0 unspecified atom stereocenters. The number of carbonyl (C=O) groups is 2. The molecule has 0 radical (unpaired) electrons. The Kier molecular flexibility index (Phi) is 7.10. The third-order valence-corrected chi connectivity index (χ3v) is 5.68. The topological polar surface area (TPSA) is 72.8 Å². The van der Waals surface area contributed by atoms with Crippen molar-refractivity contribution in [2.45, 2.75) is 20.0 Å². The molecule has 0 aromatic heterocycles. The number of esters is 1. The molecule has 30 heavy (non-hydrogen) atoms. The molecule has 3 aromatic carbocycles. The van der Waals surface area contributed by atoms with Crippen molar-refractivity contribution in [3.63, 3.8) is 0 Å². The van der Waals surface area contributed by atoms with Crippen LogP contribution in [0.3, 0.4) is 0 Å². The number of methoxy groups -OCH3 is 1. The first kappa shape index (κ1) is 21.8. The van der Waals surface area contributed by atoms with Gasteiger partial charge in [0.2, 0.25) is 0 Å². The molecule has 0 atom stereocenters. The van der Waals surface area contributed by atoms with Crippen molar-refractivity contribution >= 4 is 34.3 Å². The molecule has 0 aliphatic heterocycles. The Morgan fingerprint density at radius 1 is 0.967 bits per heavy atom. The van der Waals surface area contributed by atoms with Gasteiger partial charge in [-0.3, -0.25) is 4.79 Å². The van der Waals surface area contributed by atoms with Gasteiger partial charge in [0.25, 0.3) is 0 Å². The molecule has 0 saturated heterocycles. The third kappa shape index (κ3) is 5.18. The second-order valence-electron chi connectivity index (χ2n) is 6.80. The highest BCUT2D eigenvalue weighted by molar-refractivity contribution is 14.1. The quantitative estimate of drug-likeness (QED) is 0.267. The Morgan fingerprint density at radius 3 is 2.33 bits per heavy atom. The predicted octanol–water partition coefficient (Wildman–Crippen LogP) is 5.16. The second-order valence-corrected chi connectivity index (χ2v) is 7.88. The van der Waals surface area contributed by atoms with E-state index >= 15 is 0 Å². The lowest BCUT2D eigenvalue weighted by atomic mass is 10.0. The van der Waals surface area contributed by atoms with E-state index in [-0.39, 0.29) is 23.1 Å². The number of rotatable bonds is 7. The van der Waals surface area contributed by atoms with Gasteiger partial charge in [0, 0.05) is 0 Å². The van der Waals surface area contributed by atoms with Crippen molar-refractivity contribution in [1.82, 2.24) is 0 Å². The molecule has 5 nitrogen and oxygen atoms in total. The Hall–Kier alpha value is -2.87. The van der Waals surface area contributed by atoms with Gasteiger partial charge in [-0.1, -0.05) is 36.4 Å². The van der Waals surface area contributed by atoms with Gasteiger partial charge >= 0.3 is 5.97 Å². The minimum atomic E-state index is -0.346. The zero-order chi connectivity index (χ0) is 21.7. The summed E-state index contributed by atoms with van der Waals surface area (Å²) in [7, 11) is 1.37. The second kappa shape index (κ2) is 9.75. The average molecular weight is 516 g/mol. The molecule has 0 fully saturated rings. The molecule has 3 aromatic rings. The third-order valence-electron chi connectivity index (χ3n) is 4.63. The lowest BCUT2D eigenvalue weighted by Gasteiger charge is -2.12. The van der Waals surface area contributed by atoms with Gasteiger partial charge in [0.05, 0.1) is 21.8 Å². The maximum Gasteiger partial charge on any atom is 0.337 e. The van der Waals surface area contributed by atoms with Gasteiger partial charge < -0.3 is 14.6 Å². The van der Waals surface area contributed by atoms with Crippen molar-refractivity contribution in [3.8, 4) is 11.5 Å². The highest BCUT2D eigenvalue weighted by Gasteiger charge is 2.14. The van der Waals surface area contributed by atoms with Crippen LogP contribution in [-0.4, -0.2) is 24.0 Å². The normalized spacial score (nSPS) is 10.5. The van der Waals surface area contributed by atoms with Crippen molar-refractivity contribution < 1.29 is 24.2 Å². The Bertz CT molecular complexity index is 1070. The van der Waals surface area contributed by atoms with Gasteiger partial charge in [0.15, 0.2) is 5.78 Å². The van der Waals surface area contributed by atoms with E-state index in [1.54, 1.807) is 18.2 Å². The number of phenols is 1. The maximum atomic E-state index is 11.7. The van der Waals surface area contributed by atoms with E-state index in [2.05, 4.69) is 0 Å². The number of phenolic OH excluding ortho intramolecular Hbond substituents is 1. The molecule has 0 saturated carbocycles. The summed E-state index contributed by atoms with van der Waals surface area (Å²) in [4.78, 5) is 23.2. The van der Waals surface area contributed by atoms with Gasteiger partial charge in [-0.25, -0.2) is 4.79 Å². The summed E-state index contributed by atoms with van der Waals surface area (Å²) in [6, 6.07) is 18.7. The number of aromatic hydroxyl groups is 1. The van der Waals surface area contributed by atoms with Crippen LogP contribution in [-0.2, 0) is 17.8 Å². The number of carbonyl (C=O) groups excluding carboxylic acids is 2. The number of benzene rings is 3. The summed E-state index contributed by atoms with van der Waals surface area (Å²) in [5.41, 5.74) is 3.94. The lowest BCUT2D eigenvalue weighted by molar-refractivity contribution is 0.0600. The summed E-state index contributed by atoms with van der Waals surface area (Å²) < 4.78 is 11.1. The molecule has 1 N–H and O–H groups in total. The standard InChI is InChI=1S/C24H21IO5/c1-15(26)20-10-11-21(22(25)23(20)27)30-14-17-8-6-16(7-9-17)12-18-4-3-5-19(13-18)24(28)29-2/h3-11,13,27H,12,14H2,1-2H3. The predicted molar refractivity (Wildman–Crippen MR) is 122 cm³/mol. The van der Waals surface area contributed by atoms with Crippen LogP contribution in [0.5, 0.6) is 11.5 Å². The van der Waals surface area contributed by atoms with E-state index in [4.69, 9.17) is 9.47 Å².